The number of rotatable bonds is 24. The van der Waals surface area contributed by atoms with Gasteiger partial charge in [-0.25, -0.2) is 4.57 Å². The Bertz CT molecular complexity index is 750. The molecule has 0 radical (unpaired) electrons. The second-order valence-electron chi connectivity index (χ2n) is 8.65. The highest BCUT2D eigenvalue weighted by Gasteiger charge is 2.27. The molecule has 11 heteroatoms. The van der Waals surface area contributed by atoms with E-state index in [1.165, 1.54) is 0 Å². The van der Waals surface area contributed by atoms with E-state index in [9.17, 15) is 29.3 Å². The summed E-state index contributed by atoms with van der Waals surface area (Å²) in [6.07, 6.45) is 18.5. The number of ether oxygens (including phenoxy) is 2. The predicted molar refractivity (Wildman–Crippen MR) is 145 cm³/mol. The highest BCUT2D eigenvalue weighted by Crippen LogP contribution is 2.43. The standard InChI is InChI=1S/C27H47O10P/c1-3-5-7-8-9-10-11-12-13-14-15-16-17-19-27(31)37-25(21-29)23-35-38(32,33)34-22-24(20-28)36-26(30)18-6-4-2/h5,7,9-10,12-13,24-25,28-29H,3-4,6,8,11,14-23H2,1-2H3,(H,32,33)/b7-5-,10-9-,13-12-. The average Bonchev–Trinajstić information content (AvgIpc) is 2.90. The van der Waals surface area contributed by atoms with E-state index in [1.54, 1.807) is 0 Å². The van der Waals surface area contributed by atoms with Crippen molar-refractivity contribution >= 4 is 19.8 Å². The third kappa shape index (κ3) is 22.2. The number of carbonyl (C=O) groups excluding carboxylic acids is 2. The number of esters is 2. The van der Waals surface area contributed by atoms with Gasteiger partial charge in [0, 0.05) is 12.8 Å². The maximum atomic E-state index is 12.1. The van der Waals surface area contributed by atoms with Gasteiger partial charge in [0.15, 0.2) is 0 Å². The first-order chi connectivity index (χ1) is 18.3. The molecule has 0 rings (SSSR count). The van der Waals surface area contributed by atoms with E-state index < -0.39 is 58.4 Å². The molecule has 0 aromatic heterocycles. The van der Waals surface area contributed by atoms with Crippen molar-refractivity contribution in [3.05, 3.63) is 36.5 Å². The fourth-order valence-electron chi connectivity index (χ4n) is 2.99. The van der Waals surface area contributed by atoms with Crippen LogP contribution < -0.4 is 0 Å². The summed E-state index contributed by atoms with van der Waals surface area (Å²) in [7, 11) is -4.60. The van der Waals surface area contributed by atoms with Crippen LogP contribution in [0.25, 0.3) is 0 Å². The predicted octanol–water partition coefficient (Wildman–Crippen LogP) is 4.93. The van der Waals surface area contributed by atoms with Gasteiger partial charge in [-0.1, -0.05) is 63.1 Å². The lowest BCUT2D eigenvalue weighted by atomic mass is 10.1. The lowest BCUT2D eigenvalue weighted by molar-refractivity contribution is -0.153. The van der Waals surface area contributed by atoms with E-state index in [-0.39, 0.29) is 12.8 Å². The molecule has 3 atom stereocenters. The van der Waals surface area contributed by atoms with Crippen molar-refractivity contribution in [2.24, 2.45) is 0 Å². The van der Waals surface area contributed by atoms with Gasteiger partial charge in [-0.15, -0.1) is 0 Å². The van der Waals surface area contributed by atoms with Crippen molar-refractivity contribution < 1.29 is 47.8 Å². The zero-order valence-corrected chi connectivity index (χ0v) is 23.8. The number of phosphoric ester groups is 1. The van der Waals surface area contributed by atoms with E-state index in [2.05, 4.69) is 43.4 Å². The van der Waals surface area contributed by atoms with Crippen LogP contribution in [0.4, 0.5) is 0 Å². The van der Waals surface area contributed by atoms with Crippen LogP contribution in [0.1, 0.15) is 84.5 Å². The second-order valence-corrected chi connectivity index (χ2v) is 10.1. The third-order valence-corrected chi connectivity index (χ3v) is 6.07. The number of unbranched alkanes of at least 4 members (excludes halogenated alkanes) is 4. The Morgan fingerprint density at radius 2 is 1.24 bits per heavy atom. The zero-order chi connectivity index (χ0) is 28.5. The summed E-state index contributed by atoms with van der Waals surface area (Å²) < 4.78 is 31.7. The number of aliphatic hydroxyl groups is 2. The summed E-state index contributed by atoms with van der Waals surface area (Å²) in [5.41, 5.74) is 0. The molecular formula is C27H47O10P. The lowest BCUT2D eigenvalue weighted by Gasteiger charge is -2.20. The molecule has 0 aliphatic rings. The van der Waals surface area contributed by atoms with Crippen LogP contribution in [0.3, 0.4) is 0 Å². The van der Waals surface area contributed by atoms with Crippen molar-refractivity contribution in [1.82, 2.24) is 0 Å². The normalized spacial score (nSPS) is 15.2. The molecule has 0 amide bonds. The van der Waals surface area contributed by atoms with Crippen LogP contribution in [0.2, 0.25) is 0 Å². The summed E-state index contributed by atoms with van der Waals surface area (Å²) in [5, 5.41) is 18.7. The highest BCUT2D eigenvalue weighted by atomic mass is 31.2. The molecule has 0 heterocycles. The van der Waals surface area contributed by atoms with E-state index in [4.69, 9.17) is 18.5 Å². The smallest absolute Gasteiger partial charge is 0.457 e. The average molecular weight is 563 g/mol. The molecule has 0 aliphatic carbocycles. The van der Waals surface area contributed by atoms with Crippen LogP contribution in [0, 0.1) is 0 Å². The number of hydrogen-bond donors (Lipinski definition) is 3. The topological polar surface area (TPSA) is 149 Å². The fourth-order valence-corrected chi connectivity index (χ4v) is 3.77. The Morgan fingerprint density at radius 1 is 0.737 bits per heavy atom. The van der Waals surface area contributed by atoms with E-state index >= 15 is 0 Å². The molecule has 0 saturated carbocycles. The quantitative estimate of drug-likeness (QED) is 0.0640. The molecule has 0 aromatic rings. The lowest BCUT2D eigenvalue weighted by Crippen LogP contribution is -2.28. The van der Waals surface area contributed by atoms with Crippen molar-refractivity contribution in [3.8, 4) is 0 Å². The molecule has 0 aliphatic heterocycles. The van der Waals surface area contributed by atoms with Crippen LogP contribution in [0.15, 0.2) is 36.5 Å². The Balaban J connectivity index is 4.11. The third-order valence-electron chi connectivity index (χ3n) is 5.12. The summed E-state index contributed by atoms with van der Waals surface area (Å²) in [6.45, 7) is 1.69. The zero-order valence-electron chi connectivity index (χ0n) is 22.9. The van der Waals surface area contributed by atoms with Crippen molar-refractivity contribution in [3.63, 3.8) is 0 Å². The van der Waals surface area contributed by atoms with Gasteiger partial charge in [-0.05, 0) is 44.9 Å². The van der Waals surface area contributed by atoms with Crippen molar-refractivity contribution in [2.75, 3.05) is 26.4 Å². The first-order valence-corrected chi connectivity index (χ1v) is 14.9. The fraction of sp³-hybridized carbons (Fsp3) is 0.704. The van der Waals surface area contributed by atoms with Crippen molar-refractivity contribution in [2.45, 2.75) is 96.7 Å². The number of carbonyl (C=O) groups is 2. The molecule has 3 unspecified atom stereocenters. The Morgan fingerprint density at radius 3 is 1.74 bits per heavy atom. The molecular weight excluding hydrogens is 515 g/mol. The van der Waals surface area contributed by atoms with Gasteiger partial charge >= 0.3 is 19.8 Å². The first-order valence-electron chi connectivity index (χ1n) is 13.4. The number of allylic oxidation sites excluding steroid dienone is 6. The minimum atomic E-state index is -4.60. The van der Waals surface area contributed by atoms with Gasteiger partial charge in [0.05, 0.1) is 26.4 Å². The van der Waals surface area contributed by atoms with Crippen LogP contribution in [0.5, 0.6) is 0 Å². The largest absolute Gasteiger partial charge is 0.472 e. The maximum absolute atomic E-state index is 12.1. The summed E-state index contributed by atoms with van der Waals surface area (Å²) >= 11 is 0. The Kier molecular flexibility index (Phi) is 23.1. The molecule has 10 nitrogen and oxygen atoms in total. The molecule has 0 bridgehead atoms. The Labute approximate surface area is 227 Å². The summed E-state index contributed by atoms with van der Waals surface area (Å²) in [5.74, 6) is -1.09. The molecule has 0 aromatic carbocycles. The van der Waals surface area contributed by atoms with Crippen molar-refractivity contribution in [1.29, 1.82) is 0 Å². The number of hydrogen-bond acceptors (Lipinski definition) is 9. The van der Waals surface area contributed by atoms with Crippen LogP contribution >= 0.6 is 7.82 Å². The number of aliphatic hydroxyl groups excluding tert-OH is 2. The molecule has 0 fully saturated rings. The van der Waals surface area contributed by atoms with Gasteiger partial charge in [0.25, 0.3) is 0 Å². The monoisotopic (exact) mass is 562 g/mol. The van der Waals surface area contributed by atoms with Gasteiger partial charge in [-0.3, -0.25) is 18.6 Å². The first kappa shape index (κ1) is 36.2. The van der Waals surface area contributed by atoms with Gasteiger partial charge in [-0.2, -0.15) is 0 Å². The molecule has 220 valence electrons. The van der Waals surface area contributed by atoms with Gasteiger partial charge < -0.3 is 24.6 Å². The van der Waals surface area contributed by atoms with E-state index in [0.29, 0.717) is 12.8 Å². The SMILES string of the molecule is CC/C=C\C/C=C\C/C=C\CCCCCC(=O)OC(CO)COP(=O)(O)OCC(CO)OC(=O)CCCC. The van der Waals surface area contributed by atoms with Crippen LogP contribution in [-0.4, -0.2) is 65.7 Å². The summed E-state index contributed by atoms with van der Waals surface area (Å²) in [6, 6.07) is 0. The highest BCUT2D eigenvalue weighted by molar-refractivity contribution is 7.47. The Hall–Kier alpha value is -1.81. The second kappa shape index (κ2) is 24.2. The van der Waals surface area contributed by atoms with Gasteiger partial charge in [0.2, 0.25) is 0 Å². The number of phosphoric acid groups is 1. The molecule has 3 N–H and O–H groups in total. The van der Waals surface area contributed by atoms with Gasteiger partial charge in [0.1, 0.15) is 12.2 Å². The maximum Gasteiger partial charge on any atom is 0.472 e. The molecule has 0 saturated heterocycles. The van der Waals surface area contributed by atoms with E-state index in [0.717, 1.165) is 44.9 Å². The van der Waals surface area contributed by atoms with E-state index in [1.807, 2.05) is 6.92 Å². The summed E-state index contributed by atoms with van der Waals surface area (Å²) in [4.78, 5) is 33.4. The minimum absolute atomic E-state index is 0.156. The molecule has 0 spiro atoms. The molecule has 38 heavy (non-hydrogen) atoms. The van der Waals surface area contributed by atoms with Crippen LogP contribution in [-0.2, 0) is 32.7 Å². The minimum Gasteiger partial charge on any atom is -0.457 e.